The Balaban J connectivity index is 2.46. The van der Waals surface area contributed by atoms with Gasteiger partial charge in [0.15, 0.2) is 0 Å². The number of hydrogen-bond donors (Lipinski definition) is 1. The maximum atomic E-state index is 10.8. The van der Waals surface area contributed by atoms with E-state index < -0.39 is 10.8 Å². The summed E-state index contributed by atoms with van der Waals surface area (Å²) in [5.74, 6) is 1.35. The van der Waals surface area contributed by atoms with Gasteiger partial charge >= 0.3 is 0 Å². The molecule has 1 rings (SSSR count). The first-order valence-corrected chi connectivity index (χ1v) is 6.17. The third-order valence-electron chi connectivity index (χ3n) is 1.77. The Morgan fingerprint density at radius 2 is 2.29 bits per heavy atom. The van der Waals surface area contributed by atoms with Gasteiger partial charge in [0, 0.05) is 23.6 Å². The van der Waals surface area contributed by atoms with E-state index in [1.54, 1.807) is 6.26 Å². The minimum absolute atomic E-state index is 0.483. The molecule has 1 unspecified atom stereocenters. The molecule has 2 N–H and O–H groups in total. The lowest BCUT2D eigenvalue weighted by Crippen LogP contribution is -2.07. The van der Waals surface area contributed by atoms with Gasteiger partial charge in [-0.1, -0.05) is 12.1 Å². The Morgan fingerprint density at radius 3 is 2.93 bits per heavy atom. The van der Waals surface area contributed by atoms with Crippen molar-refractivity contribution in [1.82, 2.24) is 0 Å². The van der Waals surface area contributed by atoms with Crippen LogP contribution in [-0.2, 0) is 17.3 Å². The van der Waals surface area contributed by atoms with Crippen LogP contribution in [0, 0.1) is 0 Å². The molecule has 0 bridgehead atoms. The summed E-state index contributed by atoms with van der Waals surface area (Å²) in [6, 6.07) is 7.63. The van der Waals surface area contributed by atoms with Crippen molar-refractivity contribution in [1.29, 1.82) is 0 Å². The molecule has 78 valence electrons. The smallest absolute Gasteiger partial charge is 0.119 e. The van der Waals surface area contributed by atoms with E-state index in [1.807, 2.05) is 24.3 Å². The van der Waals surface area contributed by atoms with Crippen LogP contribution in [0.5, 0.6) is 5.75 Å². The predicted molar refractivity (Wildman–Crippen MR) is 58.8 cm³/mol. The molecule has 14 heavy (non-hydrogen) atoms. The van der Waals surface area contributed by atoms with Gasteiger partial charge in [-0.15, -0.1) is 0 Å². The molecule has 0 aromatic heterocycles. The van der Waals surface area contributed by atoms with Crippen LogP contribution in [0.15, 0.2) is 24.3 Å². The summed E-state index contributed by atoms with van der Waals surface area (Å²) >= 11 is 0. The molecule has 0 heterocycles. The molecule has 0 amide bonds. The van der Waals surface area contributed by atoms with E-state index >= 15 is 0 Å². The summed E-state index contributed by atoms with van der Waals surface area (Å²) in [5, 5.41) is 0. The number of benzene rings is 1. The molecule has 0 radical (unpaired) electrons. The zero-order chi connectivity index (χ0) is 10.4. The third kappa shape index (κ3) is 3.89. The molecule has 0 aliphatic rings. The van der Waals surface area contributed by atoms with Crippen molar-refractivity contribution in [3.8, 4) is 5.75 Å². The summed E-state index contributed by atoms with van der Waals surface area (Å²) in [7, 11) is -0.796. The third-order valence-corrected chi connectivity index (χ3v) is 2.52. The van der Waals surface area contributed by atoms with Gasteiger partial charge in [-0.25, -0.2) is 0 Å². The van der Waals surface area contributed by atoms with Crippen LogP contribution < -0.4 is 10.5 Å². The SMILES string of the molecule is CS(=O)CCOc1cccc(CN)c1. The second-order valence-corrected chi connectivity index (χ2v) is 4.53. The van der Waals surface area contributed by atoms with Gasteiger partial charge in [0.25, 0.3) is 0 Å². The summed E-state index contributed by atoms with van der Waals surface area (Å²) < 4.78 is 16.2. The van der Waals surface area contributed by atoms with Gasteiger partial charge in [-0.3, -0.25) is 4.21 Å². The molecular weight excluding hydrogens is 198 g/mol. The Hall–Kier alpha value is -0.870. The van der Waals surface area contributed by atoms with Gasteiger partial charge < -0.3 is 10.5 Å². The fourth-order valence-corrected chi connectivity index (χ4v) is 1.36. The molecule has 0 saturated carbocycles. The lowest BCUT2D eigenvalue weighted by molar-refractivity contribution is 0.342. The number of nitrogens with two attached hydrogens (primary N) is 1. The molecule has 0 saturated heterocycles. The monoisotopic (exact) mass is 213 g/mol. The van der Waals surface area contributed by atoms with Crippen molar-refractivity contribution in [2.75, 3.05) is 18.6 Å². The van der Waals surface area contributed by atoms with Gasteiger partial charge in [0.1, 0.15) is 5.75 Å². The molecule has 0 aliphatic heterocycles. The average molecular weight is 213 g/mol. The quantitative estimate of drug-likeness (QED) is 0.790. The van der Waals surface area contributed by atoms with Crippen molar-refractivity contribution in [3.05, 3.63) is 29.8 Å². The molecule has 4 heteroatoms. The normalized spacial score (nSPS) is 12.4. The first-order valence-electron chi connectivity index (χ1n) is 4.44. The highest BCUT2D eigenvalue weighted by atomic mass is 32.2. The van der Waals surface area contributed by atoms with E-state index in [9.17, 15) is 4.21 Å². The minimum Gasteiger partial charge on any atom is -0.493 e. The number of ether oxygens (including phenoxy) is 1. The molecule has 1 aromatic carbocycles. The van der Waals surface area contributed by atoms with E-state index in [-0.39, 0.29) is 0 Å². The Morgan fingerprint density at radius 1 is 1.50 bits per heavy atom. The van der Waals surface area contributed by atoms with Gasteiger partial charge in [0.2, 0.25) is 0 Å². The lowest BCUT2D eigenvalue weighted by Gasteiger charge is -2.05. The van der Waals surface area contributed by atoms with Crippen LogP contribution >= 0.6 is 0 Å². The second kappa shape index (κ2) is 5.78. The van der Waals surface area contributed by atoms with Crippen molar-refractivity contribution >= 4 is 10.8 Å². The summed E-state index contributed by atoms with van der Waals surface area (Å²) in [5.41, 5.74) is 6.53. The molecule has 0 aliphatic carbocycles. The molecule has 1 atom stereocenters. The number of rotatable bonds is 5. The lowest BCUT2D eigenvalue weighted by atomic mass is 10.2. The molecular formula is C10H15NO2S. The van der Waals surface area contributed by atoms with Gasteiger partial charge in [-0.2, -0.15) is 0 Å². The molecule has 1 aromatic rings. The number of hydrogen-bond acceptors (Lipinski definition) is 3. The highest BCUT2D eigenvalue weighted by Gasteiger charge is 1.96. The van der Waals surface area contributed by atoms with Crippen LogP contribution in [0.3, 0.4) is 0 Å². The van der Waals surface area contributed by atoms with E-state index in [0.29, 0.717) is 18.9 Å². The maximum Gasteiger partial charge on any atom is 0.119 e. The average Bonchev–Trinajstić information content (AvgIpc) is 2.18. The predicted octanol–water partition coefficient (Wildman–Crippen LogP) is 0.903. The van der Waals surface area contributed by atoms with Crippen molar-refractivity contribution in [3.63, 3.8) is 0 Å². The van der Waals surface area contributed by atoms with Crippen molar-refractivity contribution < 1.29 is 8.95 Å². The van der Waals surface area contributed by atoms with E-state index in [4.69, 9.17) is 10.5 Å². The van der Waals surface area contributed by atoms with Crippen LogP contribution in [0.1, 0.15) is 5.56 Å². The van der Waals surface area contributed by atoms with Crippen molar-refractivity contribution in [2.24, 2.45) is 5.73 Å². The summed E-state index contributed by atoms with van der Waals surface area (Å²) in [6.07, 6.45) is 1.67. The first-order chi connectivity index (χ1) is 6.72. The standard InChI is InChI=1S/C10H15NO2S/c1-14(12)6-5-13-10-4-2-3-9(7-10)8-11/h2-4,7H,5-6,8,11H2,1H3. The Labute approximate surface area is 86.7 Å². The molecule has 0 fully saturated rings. The fraction of sp³-hybridized carbons (Fsp3) is 0.400. The first kappa shape index (κ1) is 11.2. The largest absolute Gasteiger partial charge is 0.493 e. The molecule has 0 spiro atoms. The highest BCUT2D eigenvalue weighted by Crippen LogP contribution is 2.12. The van der Waals surface area contributed by atoms with Crippen LogP contribution in [0.2, 0.25) is 0 Å². The summed E-state index contributed by atoms with van der Waals surface area (Å²) in [6.45, 7) is 0.994. The van der Waals surface area contributed by atoms with Crippen LogP contribution in [-0.4, -0.2) is 22.8 Å². The zero-order valence-electron chi connectivity index (χ0n) is 8.23. The Bertz CT molecular complexity index is 315. The molecule has 3 nitrogen and oxygen atoms in total. The van der Waals surface area contributed by atoms with Crippen LogP contribution in [0.4, 0.5) is 0 Å². The second-order valence-electron chi connectivity index (χ2n) is 2.98. The summed E-state index contributed by atoms with van der Waals surface area (Å²) in [4.78, 5) is 0. The van der Waals surface area contributed by atoms with Crippen molar-refractivity contribution in [2.45, 2.75) is 6.54 Å². The zero-order valence-corrected chi connectivity index (χ0v) is 9.05. The van der Waals surface area contributed by atoms with E-state index in [1.165, 1.54) is 0 Å². The Kier molecular flexibility index (Phi) is 4.62. The highest BCUT2D eigenvalue weighted by molar-refractivity contribution is 7.84. The minimum atomic E-state index is -0.796. The van der Waals surface area contributed by atoms with Gasteiger partial charge in [0.05, 0.1) is 12.4 Å². The van der Waals surface area contributed by atoms with E-state index in [0.717, 1.165) is 11.3 Å². The van der Waals surface area contributed by atoms with Crippen LogP contribution in [0.25, 0.3) is 0 Å². The van der Waals surface area contributed by atoms with E-state index in [2.05, 4.69) is 0 Å². The topological polar surface area (TPSA) is 52.3 Å². The fourth-order valence-electron chi connectivity index (χ4n) is 1.04. The van der Waals surface area contributed by atoms with Gasteiger partial charge in [-0.05, 0) is 17.7 Å². The maximum absolute atomic E-state index is 10.8.